The van der Waals surface area contributed by atoms with Gasteiger partial charge >= 0.3 is 5.69 Å². The molecule has 3 aromatic rings. The molecule has 4 rings (SSSR count). The van der Waals surface area contributed by atoms with Crippen LogP contribution in [0.1, 0.15) is 12.5 Å². The van der Waals surface area contributed by atoms with Crippen molar-refractivity contribution in [1.82, 2.24) is 5.32 Å². The van der Waals surface area contributed by atoms with E-state index in [2.05, 4.69) is 26.2 Å². The van der Waals surface area contributed by atoms with Crippen molar-refractivity contribution in [1.29, 1.82) is 0 Å². The summed E-state index contributed by atoms with van der Waals surface area (Å²) in [6, 6.07) is 13.4. The molecule has 1 N–H and O–H groups in total. The number of ether oxygens (including phenoxy) is 3. The van der Waals surface area contributed by atoms with Crippen molar-refractivity contribution in [3.8, 4) is 23.0 Å². The molecule has 0 radical (unpaired) electrons. The topological polar surface area (TPSA) is 155 Å². The Morgan fingerprint density at radius 2 is 1.79 bits per heavy atom. The minimum atomic E-state index is -0.767. The summed E-state index contributed by atoms with van der Waals surface area (Å²) >= 11 is 4.56. The maximum atomic E-state index is 12.6. The van der Waals surface area contributed by atoms with Gasteiger partial charge in [0, 0.05) is 6.07 Å². The number of aliphatic imine (C=N–C) groups is 1. The highest BCUT2D eigenvalue weighted by Crippen LogP contribution is 2.43. The molecule has 1 heterocycles. The summed E-state index contributed by atoms with van der Waals surface area (Å²) in [6.45, 7) is 2.00. The quantitative estimate of drug-likeness (QED) is 0.164. The van der Waals surface area contributed by atoms with Crippen molar-refractivity contribution in [2.45, 2.75) is 6.92 Å². The Morgan fingerprint density at radius 1 is 1.05 bits per heavy atom. The first-order chi connectivity index (χ1) is 18.7. The molecule has 0 saturated carbocycles. The maximum absolute atomic E-state index is 12.6. The molecule has 0 aromatic heterocycles. The number of nitro benzene ring substituents is 2. The van der Waals surface area contributed by atoms with Crippen LogP contribution in [0.25, 0.3) is 6.08 Å². The standard InChI is InChI=1S/C25H19BrN4O8S/c1-3-37-21-11-14(12-22-24(31)28-25(39-22)27-15-4-7-17(36-2)8-5-15)10-18(26)23(21)38-20-9-6-16(29(32)33)13-19(20)30(34)35/h4-13H,3H2,1-2H3,(H,27,28,31)/b22-12-. The Kier molecular flexibility index (Phi) is 8.46. The lowest BCUT2D eigenvalue weighted by molar-refractivity contribution is -0.394. The Balaban J connectivity index is 1.63. The predicted octanol–water partition coefficient (Wildman–Crippen LogP) is 6.36. The second-order valence-electron chi connectivity index (χ2n) is 7.71. The number of methoxy groups -OCH3 is 1. The zero-order valence-electron chi connectivity index (χ0n) is 20.4. The van der Waals surface area contributed by atoms with Crippen LogP contribution in [0.3, 0.4) is 0 Å². The fraction of sp³-hybridized carbons (Fsp3) is 0.120. The summed E-state index contributed by atoms with van der Waals surface area (Å²) in [4.78, 5) is 38.5. The van der Waals surface area contributed by atoms with E-state index in [4.69, 9.17) is 14.2 Å². The summed E-state index contributed by atoms with van der Waals surface area (Å²) < 4.78 is 17.0. The van der Waals surface area contributed by atoms with Gasteiger partial charge in [-0.25, -0.2) is 4.99 Å². The van der Waals surface area contributed by atoms with E-state index in [1.807, 2.05) is 0 Å². The number of hydrogen-bond donors (Lipinski definition) is 1. The molecule has 0 spiro atoms. The van der Waals surface area contributed by atoms with Crippen molar-refractivity contribution in [3.05, 3.63) is 89.8 Å². The third-order valence-corrected chi connectivity index (χ3v) is 6.64. The van der Waals surface area contributed by atoms with Crippen LogP contribution in [-0.2, 0) is 4.79 Å². The minimum absolute atomic E-state index is 0.126. The molecule has 39 heavy (non-hydrogen) atoms. The van der Waals surface area contributed by atoms with Crippen LogP contribution in [0.2, 0.25) is 0 Å². The van der Waals surface area contributed by atoms with E-state index in [9.17, 15) is 25.0 Å². The van der Waals surface area contributed by atoms with E-state index >= 15 is 0 Å². The third-order valence-electron chi connectivity index (χ3n) is 5.15. The largest absolute Gasteiger partial charge is 0.497 e. The molecule has 1 aliphatic rings. The number of benzene rings is 3. The van der Waals surface area contributed by atoms with Gasteiger partial charge in [0.1, 0.15) is 5.75 Å². The second-order valence-corrected chi connectivity index (χ2v) is 9.60. The SMILES string of the molecule is CCOc1cc(/C=C2\SC(=Nc3ccc(OC)cc3)NC2=O)cc(Br)c1Oc1ccc([N+](=O)[O-])cc1[N+](=O)[O-]. The summed E-state index contributed by atoms with van der Waals surface area (Å²) in [6.07, 6.45) is 1.64. The number of rotatable bonds is 9. The fourth-order valence-electron chi connectivity index (χ4n) is 3.40. The number of nitro groups is 2. The number of carbonyl (C=O) groups excluding carboxylic acids is 1. The van der Waals surface area contributed by atoms with Crippen molar-refractivity contribution < 1.29 is 28.9 Å². The summed E-state index contributed by atoms with van der Waals surface area (Å²) in [5, 5.41) is 25.7. The summed E-state index contributed by atoms with van der Waals surface area (Å²) in [5.74, 6) is 0.517. The fourth-order valence-corrected chi connectivity index (χ4v) is 4.78. The number of halogens is 1. The average Bonchev–Trinajstić information content (AvgIpc) is 3.24. The van der Waals surface area contributed by atoms with Crippen LogP contribution in [0.4, 0.5) is 17.1 Å². The molecular weight excluding hydrogens is 596 g/mol. The summed E-state index contributed by atoms with van der Waals surface area (Å²) in [7, 11) is 1.57. The lowest BCUT2D eigenvalue weighted by Crippen LogP contribution is -2.19. The van der Waals surface area contributed by atoms with Crippen molar-refractivity contribution in [2.24, 2.45) is 4.99 Å². The number of non-ortho nitro benzene ring substituents is 1. The van der Waals surface area contributed by atoms with Gasteiger partial charge in [-0.2, -0.15) is 0 Å². The zero-order chi connectivity index (χ0) is 28.1. The summed E-state index contributed by atoms with van der Waals surface area (Å²) in [5.41, 5.74) is 0.206. The van der Waals surface area contributed by atoms with Crippen LogP contribution >= 0.6 is 27.7 Å². The molecule has 1 amide bonds. The first-order valence-electron chi connectivity index (χ1n) is 11.2. The number of amidine groups is 1. The molecule has 1 aliphatic heterocycles. The average molecular weight is 615 g/mol. The number of nitrogens with zero attached hydrogens (tertiary/aromatic N) is 3. The Labute approximate surface area is 234 Å². The predicted molar refractivity (Wildman–Crippen MR) is 149 cm³/mol. The highest BCUT2D eigenvalue weighted by Gasteiger charge is 2.26. The van der Waals surface area contributed by atoms with Gasteiger partial charge in [0.2, 0.25) is 5.75 Å². The van der Waals surface area contributed by atoms with Gasteiger partial charge in [-0.05, 0) is 88.7 Å². The molecule has 0 unspecified atom stereocenters. The van der Waals surface area contributed by atoms with Crippen molar-refractivity contribution in [3.63, 3.8) is 0 Å². The molecule has 14 heteroatoms. The smallest absolute Gasteiger partial charge is 0.318 e. The van der Waals surface area contributed by atoms with Gasteiger partial charge in [0.15, 0.2) is 16.7 Å². The first kappa shape index (κ1) is 27.6. The molecular formula is C25H19BrN4O8S. The number of carbonyl (C=O) groups is 1. The highest BCUT2D eigenvalue weighted by molar-refractivity contribution is 9.10. The lowest BCUT2D eigenvalue weighted by atomic mass is 10.1. The number of thioether (sulfide) groups is 1. The van der Waals surface area contributed by atoms with Crippen LogP contribution in [0.15, 0.2) is 69.0 Å². The monoisotopic (exact) mass is 614 g/mol. The number of nitrogens with one attached hydrogen (secondary N) is 1. The molecule has 0 aliphatic carbocycles. The molecule has 1 fully saturated rings. The van der Waals surface area contributed by atoms with E-state index in [0.29, 0.717) is 31.5 Å². The molecule has 1 saturated heterocycles. The molecule has 0 bridgehead atoms. The number of amides is 1. The van der Waals surface area contributed by atoms with Gasteiger partial charge in [-0.3, -0.25) is 25.0 Å². The van der Waals surface area contributed by atoms with Gasteiger partial charge in [0.25, 0.3) is 11.6 Å². The van der Waals surface area contributed by atoms with Crippen LogP contribution < -0.4 is 19.5 Å². The zero-order valence-corrected chi connectivity index (χ0v) is 22.8. The second kappa shape index (κ2) is 12.0. The maximum Gasteiger partial charge on any atom is 0.318 e. The van der Waals surface area contributed by atoms with Gasteiger partial charge in [-0.1, -0.05) is 0 Å². The van der Waals surface area contributed by atoms with Crippen LogP contribution in [0, 0.1) is 20.2 Å². The van der Waals surface area contributed by atoms with Crippen molar-refractivity contribution >= 4 is 61.9 Å². The molecule has 0 atom stereocenters. The minimum Gasteiger partial charge on any atom is -0.497 e. The lowest BCUT2D eigenvalue weighted by Gasteiger charge is -2.14. The Hall–Kier alpha value is -4.43. The van der Waals surface area contributed by atoms with Crippen molar-refractivity contribution in [2.75, 3.05) is 13.7 Å². The van der Waals surface area contributed by atoms with E-state index in [1.54, 1.807) is 56.5 Å². The van der Waals surface area contributed by atoms with Gasteiger partial charge in [-0.15, -0.1) is 0 Å². The van der Waals surface area contributed by atoms with Crippen LogP contribution in [-0.4, -0.2) is 34.6 Å². The van der Waals surface area contributed by atoms with Gasteiger partial charge < -0.3 is 19.5 Å². The molecule has 200 valence electrons. The van der Waals surface area contributed by atoms with Gasteiger partial charge in [0.05, 0.1) is 44.7 Å². The Bertz CT molecular complexity index is 1530. The normalized spacial score (nSPS) is 14.8. The highest BCUT2D eigenvalue weighted by atomic mass is 79.9. The molecule has 3 aromatic carbocycles. The van der Waals surface area contributed by atoms with E-state index in [-0.39, 0.29) is 29.8 Å². The van der Waals surface area contributed by atoms with Crippen LogP contribution in [0.5, 0.6) is 23.0 Å². The van der Waals surface area contributed by atoms with E-state index < -0.39 is 21.2 Å². The molecule has 12 nitrogen and oxygen atoms in total. The first-order valence-corrected chi connectivity index (χ1v) is 12.8. The third kappa shape index (κ3) is 6.53. The van der Waals surface area contributed by atoms with E-state index in [0.717, 1.165) is 30.0 Å². The Morgan fingerprint density at radius 3 is 2.44 bits per heavy atom. The number of hydrogen-bond acceptors (Lipinski definition) is 10. The van der Waals surface area contributed by atoms with E-state index in [1.165, 1.54) is 0 Å².